The highest BCUT2D eigenvalue weighted by atomic mass is 35.5. The van der Waals surface area contributed by atoms with Crippen molar-refractivity contribution in [2.75, 3.05) is 7.11 Å². The molecule has 0 spiro atoms. The summed E-state index contributed by atoms with van der Waals surface area (Å²) in [5, 5.41) is 0.954. The summed E-state index contributed by atoms with van der Waals surface area (Å²) in [6.07, 6.45) is 0. The number of benzene rings is 1. The van der Waals surface area contributed by atoms with Crippen LogP contribution in [-0.2, 0) is 0 Å². The molecule has 0 fully saturated rings. The van der Waals surface area contributed by atoms with E-state index in [4.69, 9.17) is 40.2 Å². The fourth-order valence-electron chi connectivity index (χ4n) is 1.94. The van der Waals surface area contributed by atoms with Gasteiger partial charge in [-0.05, 0) is 36.5 Å². The highest BCUT2D eigenvalue weighted by Crippen LogP contribution is 2.27. The molecule has 0 unspecified atom stereocenters. The largest absolute Gasteiger partial charge is 0.481 e. The molecular formula is C13H9Cl2N3OS. The summed E-state index contributed by atoms with van der Waals surface area (Å²) < 4.78 is 7.46. The molecule has 102 valence electrons. The summed E-state index contributed by atoms with van der Waals surface area (Å²) in [4.78, 5) is 7.50. The Morgan fingerprint density at radius 2 is 2.00 bits per heavy atom. The minimum absolute atomic E-state index is 0.461. The van der Waals surface area contributed by atoms with E-state index in [1.54, 1.807) is 29.9 Å². The van der Waals surface area contributed by atoms with Gasteiger partial charge in [0, 0.05) is 6.07 Å². The monoisotopic (exact) mass is 325 g/mol. The number of halogens is 2. The topological polar surface area (TPSA) is 42.8 Å². The van der Waals surface area contributed by atoms with Gasteiger partial charge >= 0.3 is 0 Å². The second-order valence-corrected chi connectivity index (χ2v) is 5.29. The number of pyridine rings is 1. The van der Waals surface area contributed by atoms with E-state index in [2.05, 4.69) is 9.97 Å². The van der Waals surface area contributed by atoms with Crippen LogP contribution in [0.5, 0.6) is 5.88 Å². The van der Waals surface area contributed by atoms with E-state index in [0.717, 1.165) is 11.2 Å². The number of imidazole rings is 1. The number of ether oxygens (including phenoxy) is 1. The van der Waals surface area contributed by atoms with Crippen molar-refractivity contribution in [1.82, 2.24) is 14.5 Å². The number of methoxy groups -OCH3 is 1. The zero-order chi connectivity index (χ0) is 14.3. The lowest BCUT2D eigenvalue weighted by Gasteiger charge is -2.06. The second kappa shape index (κ2) is 5.09. The van der Waals surface area contributed by atoms with E-state index in [0.29, 0.717) is 26.3 Å². The molecule has 7 heteroatoms. The molecule has 20 heavy (non-hydrogen) atoms. The van der Waals surface area contributed by atoms with E-state index in [9.17, 15) is 0 Å². The quantitative estimate of drug-likeness (QED) is 0.710. The molecule has 0 saturated carbocycles. The summed E-state index contributed by atoms with van der Waals surface area (Å²) in [5.74, 6) is 0.514. The van der Waals surface area contributed by atoms with Gasteiger partial charge in [-0.3, -0.25) is 4.57 Å². The molecule has 4 nitrogen and oxygen atoms in total. The summed E-state index contributed by atoms with van der Waals surface area (Å²) >= 11 is 17.3. The first-order valence-electron chi connectivity index (χ1n) is 5.71. The maximum Gasteiger partial charge on any atom is 0.215 e. The molecular weight excluding hydrogens is 317 g/mol. The number of nitrogens with zero attached hydrogens (tertiary/aromatic N) is 2. The standard InChI is InChI=1S/C13H9Cl2N3OS/c1-19-11-5-4-10-12(17-11)18(13(20)16-10)7-2-3-8(14)9(15)6-7/h2-6H,1H3,(H,16,20). The first kappa shape index (κ1) is 13.4. The van der Waals surface area contributed by atoms with Gasteiger partial charge in [-0.25, -0.2) is 0 Å². The van der Waals surface area contributed by atoms with Crippen LogP contribution in [0, 0.1) is 4.77 Å². The number of aromatic nitrogens is 3. The van der Waals surface area contributed by atoms with Crippen molar-refractivity contribution in [1.29, 1.82) is 0 Å². The van der Waals surface area contributed by atoms with E-state index in [-0.39, 0.29) is 0 Å². The zero-order valence-electron chi connectivity index (χ0n) is 10.4. The van der Waals surface area contributed by atoms with Crippen molar-refractivity contribution in [2.24, 2.45) is 0 Å². The Kier molecular flexibility index (Phi) is 3.41. The predicted molar refractivity (Wildman–Crippen MR) is 82.8 cm³/mol. The van der Waals surface area contributed by atoms with Crippen LogP contribution >= 0.6 is 35.4 Å². The molecule has 0 radical (unpaired) electrons. The molecule has 3 aromatic rings. The molecule has 2 heterocycles. The molecule has 3 rings (SSSR count). The Morgan fingerprint density at radius 3 is 2.70 bits per heavy atom. The van der Waals surface area contributed by atoms with E-state index < -0.39 is 0 Å². The van der Waals surface area contributed by atoms with Gasteiger partial charge in [-0.15, -0.1) is 0 Å². The maximum atomic E-state index is 6.06. The number of rotatable bonds is 2. The third-order valence-electron chi connectivity index (χ3n) is 2.88. The van der Waals surface area contributed by atoms with Gasteiger partial charge in [-0.1, -0.05) is 23.2 Å². The van der Waals surface area contributed by atoms with Crippen LogP contribution in [0.1, 0.15) is 0 Å². The number of nitrogens with one attached hydrogen (secondary N) is 1. The minimum Gasteiger partial charge on any atom is -0.481 e. The fraction of sp³-hybridized carbons (Fsp3) is 0.0769. The minimum atomic E-state index is 0.461. The number of aromatic amines is 1. The molecule has 0 saturated heterocycles. The maximum absolute atomic E-state index is 6.06. The van der Waals surface area contributed by atoms with Crippen LogP contribution in [0.25, 0.3) is 16.9 Å². The Morgan fingerprint density at radius 1 is 1.20 bits per heavy atom. The van der Waals surface area contributed by atoms with Gasteiger partial charge in [-0.2, -0.15) is 4.98 Å². The van der Waals surface area contributed by atoms with Crippen molar-refractivity contribution in [3.8, 4) is 11.6 Å². The van der Waals surface area contributed by atoms with Gasteiger partial charge in [0.15, 0.2) is 10.4 Å². The lowest BCUT2D eigenvalue weighted by molar-refractivity contribution is 0.399. The smallest absolute Gasteiger partial charge is 0.215 e. The Balaban J connectivity index is 2.31. The lowest BCUT2D eigenvalue weighted by Crippen LogP contribution is -1.97. The number of H-pyrrole nitrogens is 1. The van der Waals surface area contributed by atoms with Gasteiger partial charge in [0.25, 0.3) is 0 Å². The van der Waals surface area contributed by atoms with Gasteiger partial charge in [0.2, 0.25) is 5.88 Å². The Hall–Kier alpha value is -1.56. The third kappa shape index (κ3) is 2.18. The summed E-state index contributed by atoms with van der Waals surface area (Å²) in [6.45, 7) is 0. The second-order valence-electron chi connectivity index (χ2n) is 4.09. The highest BCUT2D eigenvalue weighted by molar-refractivity contribution is 7.71. The van der Waals surface area contributed by atoms with E-state index >= 15 is 0 Å². The molecule has 0 atom stereocenters. The van der Waals surface area contributed by atoms with Gasteiger partial charge in [0.1, 0.15) is 0 Å². The molecule has 0 aliphatic rings. The molecule has 0 amide bonds. The molecule has 2 aromatic heterocycles. The van der Waals surface area contributed by atoms with Crippen LogP contribution in [0.4, 0.5) is 0 Å². The van der Waals surface area contributed by atoms with Crippen molar-refractivity contribution in [3.63, 3.8) is 0 Å². The average Bonchev–Trinajstić information content (AvgIpc) is 2.77. The Labute approximate surface area is 129 Å². The lowest BCUT2D eigenvalue weighted by atomic mass is 10.3. The fourth-order valence-corrected chi connectivity index (χ4v) is 2.54. The summed E-state index contributed by atoms with van der Waals surface area (Å²) in [7, 11) is 1.57. The zero-order valence-corrected chi connectivity index (χ0v) is 12.7. The number of hydrogen-bond acceptors (Lipinski definition) is 3. The SMILES string of the molecule is COc1ccc2[nH]c(=S)n(-c3ccc(Cl)c(Cl)c3)c2n1. The van der Waals surface area contributed by atoms with Crippen LogP contribution in [-0.4, -0.2) is 21.6 Å². The van der Waals surface area contributed by atoms with Crippen LogP contribution in [0.2, 0.25) is 10.0 Å². The summed E-state index contributed by atoms with van der Waals surface area (Å²) in [6, 6.07) is 8.93. The van der Waals surface area contributed by atoms with Crippen LogP contribution < -0.4 is 4.74 Å². The molecule has 1 N–H and O–H groups in total. The first-order valence-corrected chi connectivity index (χ1v) is 6.88. The van der Waals surface area contributed by atoms with Gasteiger partial charge < -0.3 is 9.72 Å². The molecule has 0 aliphatic heterocycles. The van der Waals surface area contributed by atoms with Crippen molar-refractivity contribution < 1.29 is 4.74 Å². The highest BCUT2D eigenvalue weighted by Gasteiger charge is 2.10. The number of fused-ring (bicyclic) bond motifs is 1. The average molecular weight is 326 g/mol. The third-order valence-corrected chi connectivity index (χ3v) is 3.90. The van der Waals surface area contributed by atoms with E-state index in [1.807, 2.05) is 12.1 Å². The normalized spacial score (nSPS) is 10.9. The molecule has 1 aromatic carbocycles. The van der Waals surface area contributed by atoms with Crippen molar-refractivity contribution in [3.05, 3.63) is 45.1 Å². The van der Waals surface area contributed by atoms with Gasteiger partial charge in [0.05, 0.1) is 28.4 Å². The first-order chi connectivity index (χ1) is 9.60. The van der Waals surface area contributed by atoms with Crippen molar-refractivity contribution in [2.45, 2.75) is 0 Å². The number of hydrogen-bond donors (Lipinski definition) is 1. The van der Waals surface area contributed by atoms with E-state index in [1.165, 1.54) is 0 Å². The molecule has 0 aliphatic carbocycles. The van der Waals surface area contributed by atoms with Crippen molar-refractivity contribution >= 4 is 46.6 Å². The molecule has 0 bridgehead atoms. The predicted octanol–water partition coefficient (Wildman–Crippen LogP) is 4.40. The Bertz CT molecular complexity index is 856. The van der Waals surface area contributed by atoms with Crippen LogP contribution in [0.3, 0.4) is 0 Å². The summed E-state index contributed by atoms with van der Waals surface area (Å²) in [5.41, 5.74) is 2.28. The van der Waals surface area contributed by atoms with Crippen LogP contribution in [0.15, 0.2) is 30.3 Å².